The first-order valence-electron chi connectivity index (χ1n) is 15.0. The molecule has 0 unspecified atom stereocenters. The summed E-state index contributed by atoms with van der Waals surface area (Å²) in [4.78, 5) is 28.0. The van der Waals surface area contributed by atoms with Gasteiger partial charge in [-0.3, -0.25) is 9.59 Å². The molecule has 1 saturated heterocycles. The van der Waals surface area contributed by atoms with Crippen LogP contribution >= 0.6 is 15.9 Å². The maximum Gasteiger partial charge on any atom is 0.295 e. The Bertz CT molecular complexity index is 1090. The number of rotatable bonds is 17. The molecule has 39 heavy (non-hydrogen) atoms. The molecule has 1 heterocycles. The van der Waals surface area contributed by atoms with Crippen LogP contribution < -0.4 is 0 Å². The number of aryl methyl sites for hydroxylation is 1. The number of unbranched alkanes of at least 4 members (excludes halogenated alkanes) is 13. The van der Waals surface area contributed by atoms with E-state index < -0.39 is 17.7 Å². The summed E-state index contributed by atoms with van der Waals surface area (Å²) in [6.07, 6.45) is 17.8. The molecule has 0 saturated carbocycles. The first kappa shape index (κ1) is 31.1. The lowest BCUT2D eigenvalue weighted by Gasteiger charge is -2.25. The number of aliphatic hydroxyl groups excluding tert-OH is 1. The quantitative estimate of drug-likeness (QED) is 0.0856. The van der Waals surface area contributed by atoms with Gasteiger partial charge in [-0.1, -0.05) is 148 Å². The van der Waals surface area contributed by atoms with Crippen LogP contribution in [0.3, 0.4) is 0 Å². The summed E-state index contributed by atoms with van der Waals surface area (Å²) in [5.41, 5.74) is 2.65. The van der Waals surface area contributed by atoms with Gasteiger partial charge in [-0.05, 0) is 31.0 Å². The third-order valence-electron chi connectivity index (χ3n) is 7.78. The van der Waals surface area contributed by atoms with Gasteiger partial charge in [-0.25, -0.2) is 0 Å². The zero-order chi connectivity index (χ0) is 28.0. The topological polar surface area (TPSA) is 57.6 Å². The number of Topliss-reactive ketones (excluding diaryl/α,β-unsaturated/α-hetero) is 1. The minimum absolute atomic E-state index is 0.122. The van der Waals surface area contributed by atoms with Crippen molar-refractivity contribution in [2.75, 3.05) is 6.54 Å². The lowest BCUT2D eigenvalue weighted by Crippen LogP contribution is -2.30. The molecule has 1 N–H and O–H groups in total. The molecule has 0 bridgehead atoms. The molecular formula is C34H46BrNO3. The van der Waals surface area contributed by atoms with E-state index in [0.717, 1.165) is 34.9 Å². The van der Waals surface area contributed by atoms with Gasteiger partial charge < -0.3 is 10.0 Å². The van der Waals surface area contributed by atoms with Crippen molar-refractivity contribution in [3.8, 4) is 0 Å². The van der Waals surface area contributed by atoms with E-state index in [4.69, 9.17) is 0 Å². The molecule has 0 spiro atoms. The number of hydrogen-bond donors (Lipinski definition) is 1. The molecule has 3 rings (SSSR count). The van der Waals surface area contributed by atoms with E-state index >= 15 is 0 Å². The van der Waals surface area contributed by atoms with Gasteiger partial charge >= 0.3 is 0 Å². The van der Waals surface area contributed by atoms with Crippen molar-refractivity contribution in [2.45, 2.75) is 110 Å². The zero-order valence-electron chi connectivity index (χ0n) is 23.9. The van der Waals surface area contributed by atoms with Crippen molar-refractivity contribution in [1.82, 2.24) is 4.90 Å². The van der Waals surface area contributed by atoms with Gasteiger partial charge in [0.1, 0.15) is 5.76 Å². The number of aliphatic hydroxyl groups is 1. The molecule has 0 aliphatic carbocycles. The fourth-order valence-electron chi connectivity index (χ4n) is 5.47. The van der Waals surface area contributed by atoms with Gasteiger partial charge in [0.05, 0.1) is 11.6 Å². The molecular weight excluding hydrogens is 550 g/mol. The Morgan fingerprint density at radius 2 is 1.33 bits per heavy atom. The highest BCUT2D eigenvalue weighted by atomic mass is 79.9. The lowest BCUT2D eigenvalue weighted by molar-refractivity contribution is -0.139. The first-order chi connectivity index (χ1) is 18.9. The summed E-state index contributed by atoms with van der Waals surface area (Å²) in [7, 11) is 0. The lowest BCUT2D eigenvalue weighted by atomic mass is 9.94. The predicted octanol–water partition coefficient (Wildman–Crippen LogP) is 9.66. The maximum absolute atomic E-state index is 13.2. The van der Waals surface area contributed by atoms with E-state index in [1.807, 2.05) is 43.3 Å². The van der Waals surface area contributed by atoms with E-state index in [2.05, 4.69) is 22.9 Å². The molecule has 1 aliphatic heterocycles. The van der Waals surface area contributed by atoms with Gasteiger partial charge in [0.15, 0.2) is 0 Å². The molecule has 2 aromatic rings. The summed E-state index contributed by atoms with van der Waals surface area (Å²) in [6.45, 7) is 4.79. The van der Waals surface area contributed by atoms with Gasteiger partial charge in [-0.15, -0.1) is 0 Å². The second kappa shape index (κ2) is 16.6. The summed E-state index contributed by atoms with van der Waals surface area (Å²) in [5, 5.41) is 11.2. The molecule has 1 fully saturated rings. The van der Waals surface area contributed by atoms with Crippen LogP contribution in [0.15, 0.2) is 58.6 Å². The molecule has 0 radical (unpaired) electrons. The highest BCUT2D eigenvalue weighted by Crippen LogP contribution is 2.40. The smallest absolute Gasteiger partial charge is 0.295 e. The number of likely N-dealkylation sites (tertiary alicyclic amines) is 1. The van der Waals surface area contributed by atoms with Gasteiger partial charge in [-0.2, -0.15) is 0 Å². The Balaban J connectivity index is 1.53. The second-order valence-electron chi connectivity index (χ2n) is 11.0. The Morgan fingerprint density at radius 3 is 1.87 bits per heavy atom. The van der Waals surface area contributed by atoms with E-state index in [-0.39, 0.29) is 11.3 Å². The third kappa shape index (κ3) is 9.34. The van der Waals surface area contributed by atoms with Crippen LogP contribution in [-0.2, 0) is 9.59 Å². The Labute approximate surface area is 244 Å². The predicted molar refractivity (Wildman–Crippen MR) is 165 cm³/mol. The Kier molecular flexibility index (Phi) is 13.3. The summed E-state index contributed by atoms with van der Waals surface area (Å²) < 4.78 is 0.801. The second-order valence-corrected chi connectivity index (χ2v) is 11.9. The van der Waals surface area contributed by atoms with Crippen molar-refractivity contribution in [1.29, 1.82) is 0 Å². The van der Waals surface area contributed by atoms with Crippen LogP contribution in [0, 0.1) is 6.92 Å². The van der Waals surface area contributed by atoms with Crippen LogP contribution in [-0.4, -0.2) is 28.2 Å². The van der Waals surface area contributed by atoms with Crippen molar-refractivity contribution < 1.29 is 14.7 Å². The molecule has 0 aromatic heterocycles. The summed E-state index contributed by atoms with van der Waals surface area (Å²) in [6, 6.07) is 14.5. The number of carbonyl (C=O) groups is 2. The molecule has 5 heteroatoms. The van der Waals surface area contributed by atoms with Crippen LogP contribution in [0.1, 0.15) is 120 Å². The minimum atomic E-state index is -0.608. The average Bonchev–Trinajstić information content (AvgIpc) is 3.18. The first-order valence-corrected chi connectivity index (χ1v) is 15.8. The van der Waals surface area contributed by atoms with Crippen molar-refractivity contribution in [3.05, 3.63) is 75.3 Å². The van der Waals surface area contributed by atoms with Crippen molar-refractivity contribution >= 4 is 33.4 Å². The standard InChI is InChI=1S/C34H46BrNO3/c1-3-4-5-6-7-8-9-10-11-12-13-14-15-16-24-36-31(27-22-20-26(2)21-23-27)30(33(38)34(36)39)32(37)28-18-17-19-29(35)25-28/h17-23,25,31,37H,3-16,24H2,1-2H3/t31-/m1/s1. The van der Waals surface area contributed by atoms with E-state index in [9.17, 15) is 14.7 Å². The van der Waals surface area contributed by atoms with Crippen LogP contribution in [0.5, 0.6) is 0 Å². The van der Waals surface area contributed by atoms with E-state index in [0.29, 0.717) is 12.1 Å². The molecule has 1 atom stereocenters. The van der Waals surface area contributed by atoms with Crippen molar-refractivity contribution in [2.24, 2.45) is 0 Å². The number of amides is 1. The minimum Gasteiger partial charge on any atom is -0.507 e. The number of carbonyl (C=O) groups excluding carboxylic acids is 2. The largest absolute Gasteiger partial charge is 0.507 e. The number of nitrogens with zero attached hydrogens (tertiary/aromatic N) is 1. The fourth-order valence-corrected chi connectivity index (χ4v) is 5.87. The molecule has 1 aliphatic rings. The van der Waals surface area contributed by atoms with E-state index in [1.54, 1.807) is 17.0 Å². The summed E-state index contributed by atoms with van der Waals surface area (Å²) in [5.74, 6) is -1.25. The SMILES string of the molecule is CCCCCCCCCCCCCCCCN1C(=O)C(=O)C(=C(O)c2cccc(Br)c2)[C@H]1c1ccc(C)cc1. The average molecular weight is 597 g/mol. The zero-order valence-corrected chi connectivity index (χ0v) is 25.5. The number of benzene rings is 2. The van der Waals surface area contributed by atoms with Crippen LogP contribution in [0.25, 0.3) is 5.76 Å². The number of hydrogen-bond acceptors (Lipinski definition) is 3. The third-order valence-corrected chi connectivity index (χ3v) is 8.28. The highest BCUT2D eigenvalue weighted by molar-refractivity contribution is 9.10. The molecule has 4 nitrogen and oxygen atoms in total. The van der Waals surface area contributed by atoms with Crippen LogP contribution in [0.4, 0.5) is 0 Å². The number of ketones is 1. The van der Waals surface area contributed by atoms with Crippen molar-refractivity contribution in [3.63, 3.8) is 0 Å². The Hall–Kier alpha value is -2.40. The van der Waals surface area contributed by atoms with Crippen LogP contribution in [0.2, 0.25) is 0 Å². The normalized spacial score (nSPS) is 16.8. The molecule has 2 aromatic carbocycles. The van der Waals surface area contributed by atoms with Gasteiger partial charge in [0.2, 0.25) is 0 Å². The molecule has 1 amide bonds. The van der Waals surface area contributed by atoms with E-state index in [1.165, 1.54) is 70.6 Å². The fraction of sp³-hybridized carbons (Fsp3) is 0.529. The number of halogens is 1. The maximum atomic E-state index is 13.2. The van der Waals surface area contributed by atoms with Gasteiger partial charge in [0, 0.05) is 16.6 Å². The van der Waals surface area contributed by atoms with Gasteiger partial charge in [0.25, 0.3) is 11.7 Å². The Morgan fingerprint density at radius 1 is 0.795 bits per heavy atom. The molecule has 212 valence electrons. The summed E-state index contributed by atoms with van der Waals surface area (Å²) >= 11 is 3.44. The highest BCUT2D eigenvalue weighted by Gasteiger charge is 2.45. The monoisotopic (exact) mass is 595 g/mol.